The average Bonchev–Trinajstić information content (AvgIpc) is 3.05. The SMILES string of the molecule is O=C(NCC1CCCS1)c1ccc2cc[nH]c2c1. The number of carbonyl (C=O) groups excluding carboxylic acids is 1. The van der Waals surface area contributed by atoms with Crippen LogP contribution in [-0.2, 0) is 0 Å². The van der Waals surface area contributed by atoms with E-state index >= 15 is 0 Å². The van der Waals surface area contributed by atoms with E-state index in [1.807, 2.05) is 42.2 Å². The van der Waals surface area contributed by atoms with E-state index in [4.69, 9.17) is 0 Å². The van der Waals surface area contributed by atoms with Crippen LogP contribution in [0.1, 0.15) is 23.2 Å². The first kappa shape index (κ1) is 11.7. The van der Waals surface area contributed by atoms with Gasteiger partial charge in [-0.2, -0.15) is 11.8 Å². The summed E-state index contributed by atoms with van der Waals surface area (Å²) in [7, 11) is 0. The lowest BCUT2D eigenvalue weighted by Gasteiger charge is -2.10. The summed E-state index contributed by atoms with van der Waals surface area (Å²) in [5.41, 5.74) is 1.74. The van der Waals surface area contributed by atoms with Gasteiger partial charge in [0, 0.05) is 29.1 Å². The van der Waals surface area contributed by atoms with Crippen LogP contribution in [-0.4, -0.2) is 28.4 Å². The van der Waals surface area contributed by atoms with Gasteiger partial charge in [0.05, 0.1) is 0 Å². The fourth-order valence-electron chi connectivity index (χ4n) is 2.30. The van der Waals surface area contributed by atoms with Gasteiger partial charge in [-0.25, -0.2) is 0 Å². The molecule has 18 heavy (non-hydrogen) atoms. The Morgan fingerprint density at radius 2 is 2.39 bits per heavy atom. The van der Waals surface area contributed by atoms with Crippen molar-refractivity contribution in [3.8, 4) is 0 Å². The molecule has 1 aromatic carbocycles. The maximum Gasteiger partial charge on any atom is 0.251 e. The Labute approximate surface area is 110 Å². The van der Waals surface area contributed by atoms with Crippen molar-refractivity contribution in [2.45, 2.75) is 18.1 Å². The fourth-order valence-corrected chi connectivity index (χ4v) is 3.50. The molecule has 4 heteroatoms. The predicted molar refractivity (Wildman–Crippen MR) is 76.1 cm³/mol. The third kappa shape index (κ3) is 2.38. The molecule has 0 bridgehead atoms. The van der Waals surface area contributed by atoms with E-state index in [0.29, 0.717) is 5.25 Å². The molecule has 3 rings (SSSR count). The Morgan fingerprint density at radius 3 is 3.22 bits per heavy atom. The first-order valence-corrected chi connectivity index (χ1v) is 7.35. The molecule has 3 nitrogen and oxygen atoms in total. The van der Waals surface area contributed by atoms with Crippen molar-refractivity contribution in [1.82, 2.24) is 10.3 Å². The third-order valence-electron chi connectivity index (χ3n) is 3.33. The highest BCUT2D eigenvalue weighted by atomic mass is 32.2. The van der Waals surface area contributed by atoms with Gasteiger partial charge in [0.1, 0.15) is 0 Å². The van der Waals surface area contributed by atoms with E-state index in [1.54, 1.807) is 0 Å². The van der Waals surface area contributed by atoms with Crippen LogP contribution >= 0.6 is 11.8 Å². The summed E-state index contributed by atoms with van der Waals surface area (Å²) < 4.78 is 0. The molecule has 2 heterocycles. The van der Waals surface area contributed by atoms with Gasteiger partial charge in [0.2, 0.25) is 0 Å². The molecule has 1 atom stereocenters. The number of aromatic amines is 1. The molecule has 1 aromatic heterocycles. The third-order valence-corrected chi connectivity index (χ3v) is 4.73. The lowest BCUT2D eigenvalue weighted by Crippen LogP contribution is -2.29. The maximum absolute atomic E-state index is 12.0. The number of aromatic nitrogens is 1. The van der Waals surface area contributed by atoms with Crippen molar-refractivity contribution >= 4 is 28.6 Å². The van der Waals surface area contributed by atoms with E-state index in [1.165, 1.54) is 18.6 Å². The molecule has 0 spiro atoms. The minimum absolute atomic E-state index is 0.0269. The zero-order valence-corrected chi connectivity index (χ0v) is 10.9. The first-order valence-electron chi connectivity index (χ1n) is 6.30. The molecule has 2 N–H and O–H groups in total. The van der Waals surface area contributed by atoms with Crippen molar-refractivity contribution < 1.29 is 4.79 Å². The topological polar surface area (TPSA) is 44.9 Å². The molecule has 1 amide bonds. The minimum Gasteiger partial charge on any atom is -0.361 e. The molecule has 0 radical (unpaired) electrons. The molecule has 1 aliphatic rings. The molecule has 1 unspecified atom stereocenters. The largest absolute Gasteiger partial charge is 0.361 e. The van der Waals surface area contributed by atoms with Crippen molar-refractivity contribution in [3.63, 3.8) is 0 Å². The van der Waals surface area contributed by atoms with Crippen molar-refractivity contribution in [1.29, 1.82) is 0 Å². The molecular weight excluding hydrogens is 244 g/mol. The van der Waals surface area contributed by atoms with E-state index in [-0.39, 0.29) is 5.91 Å². The number of thioether (sulfide) groups is 1. The van der Waals surface area contributed by atoms with Crippen LogP contribution in [0, 0.1) is 0 Å². The van der Waals surface area contributed by atoms with Crippen LogP contribution in [0.25, 0.3) is 10.9 Å². The van der Waals surface area contributed by atoms with Crippen LogP contribution in [0.15, 0.2) is 30.5 Å². The van der Waals surface area contributed by atoms with E-state index < -0.39 is 0 Å². The van der Waals surface area contributed by atoms with Crippen LogP contribution in [0.5, 0.6) is 0 Å². The molecule has 0 aliphatic carbocycles. The zero-order valence-electron chi connectivity index (χ0n) is 10.1. The molecule has 1 aliphatic heterocycles. The highest BCUT2D eigenvalue weighted by molar-refractivity contribution is 8.00. The summed E-state index contributed by atoms with van der Waals surface area (Å²) in [6.45, 7) is 0.784. The molecule has 1 fully saturated rings. The lowest BCUT2D eigenvalue weighted by molar-refractivity contribution is 0.0954. The zero-order chi connectivity index (χ0) is 12.4. The second-order valence-corrected chi connectivity index (χ2v) is 6.03. The van der Waals surface area contributed by atoms with Crippen LogP contribution in [0.2, 0.25) is 0 Å². The predicted octanol–water partition coefficient (Wildman–Crippen LogP) is 2.79. The summed E-state index contributed by atoms with van der Waals surface area (Å²) >= 11 is 1.96. The van der Waals surface area contributed by atoms with Gasteiger partial charge in [-0.15, -0.1) is 0 Å². The van der Waals surface area contributed by atoms with Gasteiger partial charge in [-0.3, -0.25) is 4.79 Å². The number of hydrogen-bond acceptors (Lipinski definition) is 2. The van der Waals surface area contributed by atoms with Gasteiger partial charge in [0.25, 0.3) is 5.91 Å². The molecule has 2 aromatic rings. The van der Waals surface area contributed by atoms with Gasteiger partial charge in [-0.1, -0.05) is 6.07 Å². The Morgan fingerprint density at radius 1 is 1.44 bits per heavy atom. The monoisotopic (exact) mass is 260 g/mol. The fraction of sp³-hybridized carbons (Fsp3) is 0.357. The number of benzene rings is 1. The number of nitrogens with one attached hydrogen (secondary N) is 2. The Hall–Kier alpha value is -1.42. The standard InChI is InChI=1S/C14H16N2OS/c17-14(16-9-12-2-1-7-18-12)11-4-3-10-5-6-15-13(10)8-11/h3-6,8,12,15H,1-2,7,9H2,(H,16,17). The number of hydrogen-bond donors (Lipinski definition) is 2. The van der Waals surface area contributed by atoms with E-state index in [0.717, 1.165) is 23.0 Å². The Bertz CT molecular complexity index is 558. The van der Waals surface area contributed by atoms with Crippen LogP contribution < -0.4 is 5.32 Å². The number of fused-ring (bicyclic) bond motifs is 1. The normalized spacial score (nSPS) is 19.2. The van der Waals surface area contributed by atoms with Gasteiger partial charge in [0.15, 0.2) is 0 Å². The molecule has 1 saturated heterocycles. The summed E-state index contributed by atoms with van der Waals surface area (Å²) in [5, 5.41) is 4.76. The smallest absolute Gasteiger partial charge is 0.251 e. The average molecular weight is 260 g/mol. The van der Waals surface area contributed by atoms with Crippen molar-refractivity contribution in [3.05, 3.63) is 36.0 Å². The highest BCUT2D eigenvalue weighted by Crippen LogP contribution is 2.25. The summed E-state index contributed by atoms with van der Waals surface area (Å²) in [6, 6.07) is 7.77. The van der Waals surface area contributed by atoms with Gasteiger partial charge < -0.3 is 10.3 Å². The Kier molecular flexibility index (Phi) is 3.28. The van der Waals surface area contributed by atoms with Crippen LogP contribution in [0.3, 0.4) is 0 Å². The summed E-state index contributed by atoms with van der Waals surface area (Å²) in [5.74, 6) is 1.26. The van der Waals surface area contributed by atoms with Crippen molar-refractivity contribution in [2.75, 3.05) is 12.3 Å². The number of amides is 1. The summed E-state index contributed by atoms with van der Waals surface area (Å²) in [6.07, 6.45) is 4.39. The molecule has 0 saturated carbocycles. The van der Waals surface area contributed by atoms with Crippen LogP contribution in [0.4, 0.5) is 0 Å². The van der Waals surface area contributed by atoms with E-state index in [9.17, 15) is 4.79 Å². The second-order valence-electron chi connectivity index (χ2n) is 4.62. The van der Waals surface area contributed by atoms with Gasteiger partial charge >= 0.3 is 0 Å². The highest BCUT2D eigenvalue weighted by Gasteiger charge is 2.16. The van der Waals surface area contributed by atoms with E-state index in [2.05, 4.69) is 10.3 Å². The first-order chi connectivity index (χ1) is 8.83. The maximum atomic E-state index is 12.0. The number of H-pyrrole nitrogens is 1. The summed E-state index contributed by atoms with van der Waals surface area (Å²) in [4.78, 5) is 15.2. The van der Waals surface area contributed by atoms with Crippen molar-refractivity contribution in [2.24, 2.45) is 0 Å². The quantitative estimate of drug-likeness (QED) is 0.891. The number of carbonyl (C=O) groups is 1. The number of rotatable bonds is 3. The minimum atomic E-state index is 0.0269. The lowest BCUT2D eigenvalue weighted by atomic mass is 10.1. The second kappa shape index (κ2) is 5.06. The molecular formula is C14H16N2OS. The van der Waals surface area contributed by atoms with Gasteiger partial charge in [-0.05, 0) is 42.2 Å². The molecule has 94 valence electrons. The Balaban J connectivity index is 1.67.